The second-order valence-corrected chi connectivity index (χ2v) is 6.87. The van der Waals surface area contributed by atoms with E-state index < -0.39 is 0 Å². The summed E-state index contributed by atoms with van der Waals surface area (Å²) in [5, 5.41) is 5.28. The Labute approximate surface area is 150 Å². The highest BCUT2D eigenvalue weighted by molar-refractivity contribution is 7.15. The number of thiophene rings is 1. The first-order chi connectivity index (χ1) is 12.2. The van der Waals surface area contributed by atoms with Crippen molar-refractivity contribution in [2.75, 3.05) is 18.0 Å². The Balaban J connectivity index is 1.88. The first-order valence-corrected chi connectivity index (χ1v) is 9.38. The Kier molecular flexibility index (Phi) is 4.06. The van der Waals surface area contributed by atoms with E-state index in [1.807, 2.05) is 36.4 Å². The third kappa shape index (κ3) is 2.72. The second kappa shape index (κ2) is 6.37. The van der Waals surface area contributed by atoms with E-state index in [-0.39, 0.29) is 5.63 Å². The predicted octanol–water partition coefficient (Wildman–Crippen LogP) is 5.52. The molecule has 0 unspecified atom stereocenters. The van der Waals surface area contributed by atoms with Crippen molar-refractivity contribution in [3.05, 3.63) is 64.3 Å². The Morgan fingerprint density at radius 3 is 2.60 bits per heavy atom. The average molecular weight is 349 g/mol. The number of hydrogen-bond donors (Lipinski definition) is 0. The highest BCUT2D eigenvalue weighted by atomic mass is 32.1. The third-order valence-electron chi connectivity index (χ3n) is 4.60. The highest BCUT2D eigenvalue weighted by Gasteiger charge is 2.13. The molecule has 0 saturated heterocycles. The van der Waals surface area contributed by atoms with Crippen LogP contribution in [0.15, 0.2) is 63.1 Å². The zero-order chi connectivity index (χ0) is 17.4. The molecule has 0 radical (unpaired) electrons. The molecular weight excluding hydrogens is 330 g/mol. The maximum Gasteiger partial charge on any atom is 0.345 e. The molecule has 0 fully saturated rings. The van der Waals surface area contributed by atoms with Crippen LogP contribution in [-0.4, -0.2) is 13.1 Å². The first kappa shape index (κ1) is 15.9. The van der Waals surface area contributed by atoms with Gasteiger partial charge in [0.15, 0.2) is 0 Å². The lowest BCUT2D eigenvalue weighted by Gasteiger charge is -2.21. The lowest BCUT2D eigenvalue weighted by atomic mass is 10.1. The van der Waals surface area contributed by atoms with E-state index in [4.69, 9.17) is 4.42 Å². The van der Waals surface area contributed by atoms with E-state index in [0.717, 1.165) is 39.8 Å². The minimum Gasteiger partial charge on any atom is -0.422 e. The molecule has 2 aromatic heterocycles. The van der Waals surface area contributed by atoms with Gasteiger partial charge in [-0.3, -0.25) is 0 Å². The van der Waals surface area contributed by atoms with E-state index in [1.54, 1.807) is 11.3 Å². The smallest absolute Gasteiger partial charge is 0.345 e. The van der Waals surface area contributed by atoms with Crippen LogP contribution in [-0.2, 0) is 0 Å². The fourth-order valence-corrected chi connectivity index (χ4v) is 4.28. The molecular formula is C21H19NO2S. The largest absolute Gasteiger partial charge is 0.422 e. The Morgan fingerprint density at radius 1 is 1.00 bits per heavy atom. The van der Waals surface area contributed by atoms with Gasteiger partial charge in [0.25, 0.3) is 0 Å². The van der Waals surface area contributed by atoms with Gasteiger partial charge < -0.3 is 9.32 Å². The molecule has 0 aliphatic carbocycles. The number of fused-ring (bicyclic) bond motifs is 2. The quantitative estimate of drug-likeness (QED) is 0.455. The maximum atomic E-state index is 12.6. The molecule has 4 rings (SSSR count). The second-order valence-electron chi connectivity index (χ2n) is 5.99. The summed E-state index contributed by atoms with van der Waals surface area (Å²) in [6.45, 7) is 6.08. The standard InChI is InChI=1S/C21H19NO2S/c1-3-22(4-2)16-10-9-14-11-18(21(23)24-19(14)12-16)20-17-8-6-5-7-15(17)13-25-20/h5-13H,3-4H2,1-2H3. The molecule has 0 amide bonds. The van der Waals surface area contributed by atoms with Gasteiger partial charge in [0, 0.05) is 40.5 Å². The molecule has 2 aromatic carbocycles. The van der Waals surface area contributed by atoms with Crippen molar-refractivity contribution < 1.29 is 4.42 Å². The Morgan fingerprint density at radius 2 is 1.80 bits per heavy atom. The molecule has 0 N–H and O–H groups in total. The monoisotopic (exact) mass is 349 g/mol. The van der Waals surface area contributed by atoms with Crippen LogP contribution in [0.1, 0.15) is 13.8 Å². The molecule has 3 nitrogen and oxygen atoms in total. The van der Waals surface area contributed by atoms with Gasteiger partial charge in [-0.1, -0.05) is 24.3 Å². The van der Waals surface area contributed by atoms with Gasteiger partial charge in [0.05, 0.1) is 5.56 Å². The van der Waals surface area contributed by atoms with E-state index in [2.05, 4.69) is 36.3 Å². The summed E-state index contributed by atoms with van der Waals surface area (Å²) in [5.41, 5.74) is 2.07. The van der Waals surface area contributed by atoms with E-state index in [0.29, 0.717) is 11.1 Å². The van der Waals surface area contributed by atoms with Gasteiger partial charge in [-0.15, -0.1) is 11.3 Å². The fourth-order valence-electron chi connectivity index (χ4n) is 3.24. The lowest BCUT2D eigenvalue weighted by Crippen LogP contribution is -2.21. The van der Waals surface area contributed by atoms with E-state index in [1.165, 1.54) is 0 Å². The molecule has 126 valence electrons. The molecule has 0 bridgehead atoms. The minimum atomic E-state index is -0.281. The molecule has 0 spiro atoms. The Bertz CT molecular complexity index is 1110. The van der Waals surface area contributed by atoms with Gasteiger partial charge >= 0.3 is 5.63 Å². The van der Waals surface area contributed by atoms with Crippen molar-refractivity contribution in [3.8, 4) is 10.4 Å². The van der Waals surface area contributed by atoms with Crippen LogP contribution < -0.4 is 10.5 Å². The molecule has 25 heavy (non-hydrogen) atoms. The average Bonchev–Trinajstić information content (AvgIpc) is 3.06. The number of rotatable bonds is 4. The van der Waals surface area contributed by atoms with Crippen LogP contribution in [0.2, 0.25) is 0 Å². The zero-order valence-electron chi connectivity index (χ0n) is 14.3. The van der Waals surface area contributed by atoms with Crippen LogP contribution in [0.5, 0.6) is 0 Å². The zero-order valence-corrected chi connectivity index (χ0v) is 15.1. The lowest BCUT2D eigenvalue weighted by molar-refractivity contribution is 0.563. The van der Waals surface area contributed by atoms with Crippen LogP contribution in [0.3, 0.4) is 0 Å². The molecule has 0 aliphatic rings. The summed E-state index contributed by atoms with van der Waals surface area (Å²) in [6, 6.07) is 16.2. The van der Waals surface area contributed by atoms with Crippen molar-refractivity contribution in [1.29, 1.82) is 0 Å². The predicted molar refractivity (Wildman–Crippen MR) is 107 cm³/mol. The number of hydrogen-bond acceptors (Lipinski definition) is 4. The normalized spacial score (nSPS) is 11.3. The van der Waals surface area contributed by atoms with Crippen molar-refractivity contribution in [1.82, 2.24) is 0 Å². The molecule has 0 saturated carbocycles. The molecule has 4 heteroatoms. The molecule has 4 aromatic rings. The topological polar surface area (TPSA) is 33.5 Å². The highest BCUT2D eigenvalue weighted by Crippen LogP contribution is 2.34. The third-order valence-corrected chi connectivity index (χ3v) is 5.65. The summed E-state index contributed by atoms with van der Waals surface area (Å²) < 4.78 is 5.67. The number of anilines is 1. The van der Waals surface area contributed by atoms with Gasteiger partial charge in [0.1, 0.15) is 5.58 Å². The number of nitrogens with zero attached hydrogens (tertiary/aromatic N) is 1. The van der Waals surface area contributed by atoms with Crippen LogP contribution in [0.25, 0.3) is 32.2 Å². The van der Waals surface area contributed by atoms with Crippen molar-refractivity contribution in [2.24, 2.45) is 0 Å². The van der Waals surface area contributed by atoms with Gasteiger partial charge in [-0.25, -0.2) is 4.79 Å². The van der Waals surface area contributed by atoms with Crippen molar-refractivity contribution >= 4 is 38.8 Å². The molecule has 2 heterocycles. The summed E-state index contributed by atoms with van der Waals surface area (Å²) in [4.78, 5) is 15.8. The van der Waals surface area contributed by atoms with E-state index in [9.17, 15) is 4.79 Å². The van der Waals surface area contributed by atoms with Gasteiger partial charge in [-0.2, -0.15) is 0 Å². The van der Waals surface area contributed by atoms with Crippen molar-refractivity contribution in [2.45, 2.75) is 13.8 Å². The molecule has 0 aliphatic heterocycles. The molecule has 0 atom stereocenters. The Hall–Kier alpha value is -2.59. The summed E-state index contributed by atoms with van der Waals surface area (Å²) >= 11 is 1.59. The fraction of sp³-hybridized carbons (Fsp3) is 0.190. The van der Waals surface area contributed by atoms with Crippen LogP contribution in [0, 0.1) is 0 Å². The van der Waals surface area contributed by atoms with Crippen molar-refractivity contribution in [3.63, 3.8) is 0 Å². The SMILES string of the molecule is CCN(CC)c1ccc2cc(-c3scc4ccccc34)c(=O)oc2c1. The summed E-state index contributed by atoms with van der Waals surface area (Å²) in [7, 11) is 0. The maximum absolute atomic E-state index is 12.6. The van der Waals surface area contributed by atoms with Gasteiger partial charge in [0.2, 0.25) is 0 Å². The summed E-state index contributed by atoms with van der Waals surface area (Å²) in [6.07, 6.45) is 0. The van der Waals surface area contributed by atoms with Gasteiger partial charge in [-0.05, 0) is 42.8 Å². The number of benzene rings is 2. The minimum absolute atomic E-state index is 0.281. The van der Waals surface area contributed by atoms with Crippen LogP contribution in [0.4, 0.5) is 5.69 Å². The van der Waals surface area contributed by atoms with E-state index >= 15 is 0 Å². The summed E-state index contributed by atoms with van der Waals surface area (Å²) in [5.74, 6) is 0. The van der Waals surface area contributed by atoms with Crippen LogP contribution >= 0.6 is 11.3 Å². The first-order valence-electron chi connectivity index (χ1n) is 8.50.